The molecule has 0 spiro atoms. The second-order valence-corrected chi connectivity index (χ2v) is 3.59. The Morgan fingerprint density at radius 2 is 2.19 bits per heavy atom. The standard InChI is InChI=1S/C11H10N4S/c12-11(16)15-14-7-10-9-4-2-1-3-8(9)5-6-13-10/h1-7H,(H3,12,15,16)/b14-7+. The van der Waals surface area contributed by atoms with Gasteiger partial charge in [-0.3, -0.25) is 10.4 Å². The minimum absolute atomic E-state index is 0.136. The van der Waals surface area contributed by atoms with Crippen molar-refractivity contribution < 1.29 is 0 Å². The van der Waals surface area contributed by atoms with E-state index in [4.69, 9.17) is 5.73 Å². The van der Waals surface area contributed by atoms with Gasteiger partial charge in [-0.25, -0.2) is 0 Å². The summed E-state index contributed by atoms with van der Waals surface area (Å²) < 4.78 is 0. The molecule has 1 heterocycles. The molecule has 16 heavy (non-hydrogen) atoms. The summed E-state index contributed by atoms with van der Waals surface area (Å²) in [6.45, 7) is 0. The van der Waals surface area contributed by atoms with Crippen molar-refractivity contribution in [2.45, 2.75) is 0 Å². The molecule has 0 atom stereocenters. The Kier molecular flexibility index (Phi) is 3.07. The first-order valence-corrected chi connectivity index (χ1v) is 5.10. The minimum Gasteiger partial charge on any atom is -0.375 e. The van der Waals surface area contributed by atoms with Crippen LogP contribution in [0.3, 0.4) is 0 Å². The van der Waals surface area contributed by atoms with E-state index in [1.165, 1.54) is 0 Å². The minimum atomic E-state index is 0.136. The van der Waals surface area contributed by atoms with Crippen LogP contribution in [0.4, 0.5) is 0 Å². The van der Waals surface area contributed by atoms with Gasteiger partial charge < -0.3 is 5.73 Å². The first kappa shape index (κ1) is 10.5. The van der Waals surface area contributed by atoms with E-state index in [1.54, 1.807) is 12.4 Å². The lowest BCUT2D eigenvalue weighted by Crippen LogP contribution is -2.24. The first-order chi connectivity index (χ1) is 7.77. The number of pyridine rings is 1. The van der Waals surface area contributed by atoms with Crippen molar-refractivity contribution in [2.24, 2.45) is 10.8 Å². The molecular formula is C11H10N4S. The molecule has 2 rings (SSSR count). The van der Waals surface area contributed by atoms with Gasteiger partial charge in [-0.1, -0.05) is 24.3 Å². The molecule has 0 aliphatic carbocycles. The van der Waals surface area contributed by atoms with E-state index in [0.717, 1.165) is 16.5 Å². The summed E-state index contributed by atoms with van der Waals surface area (Å²) in [4.78, 5) is 4.23. The predicted molar refractivity (Wildman–Crippen MR) is 69.3 cm³/mol. The molecule has 0 unspecified atom stereocenters. The predicted octanol–water partition coefficient (Wildman–Crippen LogP) is 1.40. The highest BCUT2D eigenvalue weighted by molar-refractivity contribution is 7.80. The van der Waals surface area contributed by atoms with Crippen LogP contribution >= 0.6 is 12.2 Å². The lowest BCUT2D eigenvalue weighted by molar-refractivity contribution is 1.04. The fraction of sp³-hybridized carbons (Fsp3) is 0. The third-order valence-electron chi connectivity index (χ3n) is 2.07. The van der Waals surface area contributed by atoms with Crippen molar-refractivity contribution in [1.82, 2.24) is 10.4 Å². The smallest absolute Gasteiger partial charge is 0.184 e. The number of nitrogens with two attached hydrogens (primary N) is 1. The fourth-order valence-electron chi connectivity index (χ4n) is 1.40. The molecule has 4 nitrogen and oxygen atoms in total. The van der Waals surface area contributed by atoms with Crippen molar-refractivity contribution in [3.63, 3.8) is 0 Å². The highest BCUT2D eigenvalue weighted by Crippen LogP contribution is 2.14. The van der Waals surface area contributed by atoms with Gasteiger partial charge in [0.05, 0.1) is 11.9 Å². The number of thiocarbonyl (C=S) groups is 1. The summed E-state index contributed by atoms with van der Waals surface area (Å²) in [6.07, 6.45) is 3.34. The van der Waals surface area contributed by atoms with Crippen LogP contribution in [0.15, 0.2) is 41.6 Å². The molecule has 0 bridgehead atoms. The van der Waals surface area contributed by atoms with Crippen molar-refractivity contribution >= 4 is 34.3 Å². The van der Waals surface area contributed by atoms with Gasteiger partial charge in [0.25, 0.3) is 0 Å². The van der Waals surface area contributed by atoms with Crippen LogP contribution < -0.4 is 11.2 Å². The number of hydrazone groups is 1. The molecule has 0 amide bonds. The van der Waals surface area contributed by atoms with E-state index in [9.17, 15) is 0 Å². The first-order valence-electron chi connectivity index (χ1n) is 4.69. The quantitative estimate of drug-likeness (QED) is 0.465. The third-order valence-corrected chi connectivity index (χ3v) is 2.16. The zero-order valence-electron chi connectivity index (χ0n) is 8.42. The molecular weight excluding hydrogens is 220 g/mol. The molecule has 0 aliphatic rings. The summed E-state index contributed by atoms with van der Waals surface area (Å²) in [5.41, 5.74) is 8.53. The molecule has 1 aromatic heterocycles. The summed E-state index contributed by atoms with van der Waals surface area (Å²) >= 11 is 4.64. The molecule has 0 fully saturated rings. The van der Waals surface area contributed by atoms with Gasteiger partial charge in [0.1, 0.15) is 0 Å². The van der Waals surface area contributed by atoms with Gasteiger partial charge in [0.2, 0.25) is 0 Å². The molecule has 0 saturated carbocycles. The van der Waals surface area contributed by atoms with E-state index >= 15 is 0 Å². The Morgan fingerprint density at radius 1 is 1.38 bits per heavy atom. The molecule has 0 radical (unpaired) electrons. The van der Waals surface area contributed by atoms with Crippen LogP contribution in [-0.4, -0.2) is 16.3 Å². The number of aromatic nitrogens is 1. The average molecular weight is 230 g/mol. The average Bonchev–Trinajstić information content (AvgIpc) is 2.29. The largest absolute Gasteiger partial charge is 0.375 e. The Balaban J connectivity index is 2.37. The van der Waals surface area contributed by atoms with Gasteiger partial charge >= 0.3 is 0 Å². The second-order valence-electron chi connectivity index (χ2n) is 3.15. The normalized spacial score (nSPS) is 10.8. The third kappa shape index (κ3) is 2.32. The van der Waals surface area contributed by atoms with Crippen molar-refractivity contribution in [3.8, 4) is 0 Å². The van der Waals surface area contributed by atoms with Crippen LogP contribution in [-0.2, 0) is 0 Å². The molecule has 3 N–H and O–H groups in total. The fourth-order valence-corrected chi connectivity index (χ4v) is 1.46. The summed E-state index contributed by atoms with van der Waals surface area (Å²) in [5, 5.41) is 6.18. The summed E-state index contributed by atoms with van der Waals surface area (Å²) in [7, 11) is 0. The summed E-state index contributed by atoms with van der Waals surface area (Å²) in [6, 6.07) is 9.91. The number of nitrogens with zero attached hydrogens (tertiary/aromatic N) is 2. The van der Waals surface area contributed by atoms with Crippen molar-refractivity contribution in [1.29, 1.82) is 0 Å². The molecule has 1 aromatic carbocycles. The maximum absolute atomic E-state index is 5.26. The number of benzene rings is 1. The molecule has 0 saturated heterocycles. The van der Waals surface area contributed by atoms with Crippen LogP contribution in [0.2, 0.25) is 0 Å². The topological polar surface area (TPSA) is 63.3 Å². The summed E-state index contributed by atoms with van der Waals surface area (Å²) in [5.74, 6) is 0. The highest BCUT2D eigenvalue weighted by atomic mass is 32.1. The second kappa shape index (κ2) is 4.67. The zero-order chi connectivity index (χ0) is 11.4. The molecule has 5 heteroatoms. The van der Waals surface area contributed by atoms with Crippen LogP contribution in [0.1, 0.15) is 5.69 Å². The van der Waals surface area contributed by atoms with E-state index in [0.29, 0.717) is 0 Å². The zero-order valence-corrected chi connectivity index (χ0v) is 9.24. The maximum Gasteiger partial charge on any atom is 0.184 e. The van der Waals surface area contributed by atoms with Gasteiger partial charge in [0, 0.05) is 11.6 Å². The molecule has 0 aliphatic heterocycles. The number of hydrogen-bond donors (Lipinski definition) is 2. The Morgan fingerprint density at radius 3 is 3.00 bits per heavy atom. The Bertz CT molecular complexity index is 545. The Hall–Kier alpha value is -2.01. The van der Waals surface area contributed by atoms with Gasteiger partial charge in [0.15, 0.2) is 5.11 Å². The lowest BCUT2D eigenvalue weighted by atomic mass is 10.1. The van der Waals surface area contributed by atoms with E-state index in [-0.39, 0.29) is 5.11 Å². The van der Waals surface area contributed by atoms with Crippen molar-refractivity contribution in [2.75, 3.05) is 0 Å². The van der Waals surface area contributed by atoms with Gasteiger partial charge in [-0.05, 0) is 23.7 Å². The highest BCUT2D eigenvalue weighted by Gasteiger charge is 1.97. The van der Waals surface area contributed by atoms with E-state index in [2.05, 4.69) is 27.7 Å². The Labute approximate surface area is 98.2 Å². The van der Waals surface area contributed by atoms with Crippen molar-refractivity contribution in [3.05, 3.63) is 42.2 Å². The van der Waals surface area contributed by atoms with Crippen LogP contribution in [0.5, 0.6) is 0 Å². The van der Waals surface area contributed by atoms with Gasteiger partial charge in [-0.15, -0.1) is 0 Å². The van der Waals surface area contributed by atoms with E-state index < -0.39 is 0 Å². The molecule has 80 valence electrons. The monoisotopic (exact) mass is 230 g/mol. The van der Waals surface area contributed by atoms with Gasteiger partial charge in [-0.2, -0.15) is 5.10 Å². The number of hydrogen-bond acceptors (Lipinski definition) is 3. The van der Waals surface area contributed by atoms with E-state index in [1.807, 2.05) is 30.3 Å². The number of rotatable bonds is 2. The number of nitrogens with one attached hydrogen (secondary N) is 1. The van der Waals surface area contributed by atoms with Crippen LogP contribution in [0, 0.1) is 0 Å². The number of fused-ring (bicyclic) bond motifs is 1. The maximum atomic E-state index is 5.26. The SMILES string of the molecule is NC(=S)N/N=C/c1nccc2ccccc12. The van der Waals surface area contributed by atoms with Crippen LogP contribution in [0.25, 0.3) is 10.8 Å². The lowest BCUT2D eigenvalue weighted by Gasteiger charge is -2.00. The molecule has 2 aromatic rings.